The highest BCUT2D eigenvalue weighted by atomic mass is 16.3. The molecule has 94 valence electrons. The van der Waals surface area contributed by atoms with E-state index in [1.54, 1.807) is 6.92 Å². The Morgan fingerprint density at radius 3 is 2.18 bits per heavy atom. The lowest BCUT2D eigenvalue weighted by molar-refractivity contribution is 0.0351. The number of benzene rings is 1. The fraction of sp³-hybridized carbons (Fsp3) is 0.571. The van der Waals surface area contributed by atoms with Crippen molar-refractivity contribution in [2.24, 2.45) is 0 Å². The topological polar surface area (TPSA) is 43.7 Å². The van der Waals surface area contributed by atoms with Gasteiger partial charge in [-0.15, -0.1) is 0 Å². The lowest BCUT2D eigenvalue weighted by Gasteiger charge is -2.37. The molecule has 2 N–H and O–H groups in total. The molecule has 0 bridgehead atoms. The summed E-state index contributed by atoms with van der Waals surface area (Å²) in [6.45, 7) is 5.45. The minimum absolute atomic E-state index is 0.411. The van der Waals surface area contributed by atoms with Crippen LogP contribution < -0.4 is 4.90 Å². The van der Waals surface area contributed by atoms with E-state index in [-0.39, 0.29) is 0 Å². The molecule has 1 saturated heterocycles. The number of hydrogen-bond donors (Lipinski definition) is 2. The minimum Gasteiger partial charge on any atom is -0.390 e. The van der Waals surface area contributed by atoms with Gasteiger partial charge in [0.2, 0.25) is 0 Å². The molecule has 2 rings (SSSR count). The first-order valence-corrected chi connectivity index (χ1v) is 6.23. The van der Waals surface area contributed by atoms with Crippen molar-refractivity contribution in [1.29, 1.82) is 0 Å². The smallest absolute Gasteiger partial charge is 0.0761 e. The maximum absolute atomic E-state index is 9.90. The van der Waals surface area contributed by atoms with Crippen LogP contribution >= 0.6 is 0 Å². The van der Waals surface area contributed by atoms with E-state index in [0.717, 1.165) is 31.5 Å². The van der Waals surface area contributed by atoms with E-state index >= 15 is 0 Å². The standard InChI is InChI=1S/C14H21NO2/c1-11(16)12-3-5-13(6-4-12)15-9-7-14(2,17)8-10-15/h3-6,11,16-17H,7-10H2,1-2H3/t11-/m0/s1. The fourth-order valence-electron chi connectivity index (χ4n) is 2.21. The number of aliphatic hydroxyl groups is 2. The highest BCUT2D eigenvalue weighted by Crippen LogP contribution is 2.26. The molecule has 0 amide bonds. The fourth-order valence-corrected chi connectivity index (χ4v) is 2.21. The van der Waals surface area contributed by atoms with Gasteiger partial charge >= 0.3 is 0 Å². The van der Waals surface area contributed by atoms with Crippen molar-refractivity contribution in [1.82, 2.24) is 0 Å². The summed E-state index contributed by atoms with van der Waals surface area (Å²) in [5.74, 6) is 0. The van der Waals surface area contributed by atoms with Crippen molar-refractivity contribution >= 4 is 5.69 Å². The van der Waals surface area contributed by atoms with E-state index in [4.69, 9.17) is 0 Å². The van der Waals surface area contributed by atoms with Crippen molar-refractivity contribution in [3.8, 4) is 0 Å². The largest absolute Gasteiger partial charge is 0.390 e. The van der Waals surface area contributed by atoms with Crippen molar-refractivity contribution < 1.29 is 10.2 Å². The van der Waals surface area contributed by atoms with E-state index in [2.05, 4.69) is 4.90 Å². The summed E-state index contributed by atoms with van der Waals surface area (Å²) in [4.78, 5) is 2.28. The number of piperidine rings is 1. The summed E-state index contributed by atoms with van der Waals surface area (Å²) in [5, 5.41) is 19.3. The van der Waals surface area contributed by atoms with Gasteiger partial charge in [0.05, 0.1) is 11.7 Å². The Morgan fingerprint density at radius 2 is 1.71 bits per heavy atom. The Hall–Kier alpha value is -1.06. The molecule has 0 radical (unpaired) electrons. The Balaban J connectivity index is 2.04. The molecule has 17 heavy (non-hydrogen) atoms. The predicted octanol–water partition coefficient (Wildman–Crippen LogP) is 2.09. The van der Waals surface area contributed by atoms with Gasteiger partial charge in [-0.25, -0.2) is 0 Å². The zero-order chi connectivity index (χ0) is 12.5. The Labute approximate surface area is 103 Å². The Kier molecular flexibility index (Phi) is 3.40. The average Bonchev–Trinajstić information content (AvgIpc) is 2.29. The van der Waals surface area contributed by atoms with E-state index in [1.165, 1.54) is 5.69 Å². The summed E-state index contributed by atoms with van der Waals surface area (Å²) in [5.41, 5.74) is 1.61. The van der Waals surface area contributed by atoms with E-state index in [1.807, 2.05) is 31.2 Å². The van der Waals surface area contributed by atoms with Gasteiger partial charge in [0.1, 0.15) is 0 Å². The molecule has 1 atom stereocenters. The van der Waals surface area contributed by atoms with Crippen molar-refractivity contribution in [3.05, 3.63) is 29.8 Å². The zero-order valence-electron chi connectivity index (χ0n) is 10.6. The second-order valence-corrected chi connectivity index (χ2v) is 5.25. The SMILES string of the molecule is C[C@H](O)c1ccc(N2CCC(C)(O)CC2)cc1. The average molecular weight is 235 g/mol. The molecule has 0 unspecified atom stereocenters. The molecule has 3 nitrogen and oxygen atoms in total. The van der Waals surface area contributed by atoms with Crippen LogP contribution in [0.3, 0.4) is 0 Å². The van der Waals surface area contributed by atoms with Crippen molar-refractivity contribution in [2.45, 2.75) is 38.4 Å². The monoisotopic (exact) mass is 235 g/mol. The van der Waals surface area contributed by atoms with Gasteiger partial charge in [0.15, 0.2) is 0 Å². The molecule has 1 aliphatic heterocycles. The van der Waals surface area contributed by atoms with Crippen LogP contribution in [-0.4, -0.2) is 28.9 Å². The molecule has 1 aliphatic rings. The van der Waals surface area contributed by atoms with Gasteiger partial charge < -0.3 is 15.1 Å². The molecular formula is C14H21NO2. The summed E-state index contributed by atoms with van der Waals surface area (Å²) in [6.07, 6.45) is 1.21. The van der Waals surface area contributed by atoms with Gasteiger partial charge in [-0.05, 0) is 44.4 Å². The third-order valence-corrected chi connectivity index (χ3v) is 3.58. The first-order valence-electron chi connectivity index (χ1n) is 6.23. The lowest BCUT2D eigenvalue weighted by atomic mass is 9.93. The summed E-state index contributed by atoms with van der Waals surface area (Å²) in [7, 11) is 0. The number of anilines is 1. The minimum atomic E-state index is -0.504. The van der Waals surface area contributed by atoms with Crippen LogP contribution in [0.4, 0.5) is 5.69 Å². The molecule has 0 spiro atoms. The number of hydrogen-bond acceptors (Lipinski definition) is 3. The van der Waals surface area contributed by atoms with Gasteiger partial charge in [0.25, 0.3) is 0 Å². The Bertz CT molecular complexity index is 360. The van der Waals surface area contributed by atoms with Gasteiger partial charge in [-0.2, -0.15) is 0 Å². The maximum Gasteiger partial charge on any atom is 0.0761 e. The van der Waals surface area contributed by atoms with Crippen LogP contribution in [0.15, 0.2) is 24.3 Å². The van der Waals surface area contributed by atoms with Crippen LogP contribution in [-0.2, 0) is 0 Å². The van der Waals surface area contributed by atoms with Crippen LogP contribution in [0.25, 0.3) is 0 Å². The Morgan fingerprint density at radius 1 is 1.18 bits per heavy atom. The number of nitrogens with zero attached hydrogens (tertiary/aromatic N) is 1. The van der Waals surface area contributed by atoms with E-state index in [0.29, 0.717) is 0 Å². The normalized spacial score (nSPS) is 21.3. The molecule has 0 saturated carbocycles. The molecular weight excluding hydrogens is 214 g/mol. The summed E-state index contributed by atoms with van der Waals surface area (Å²) in [6, 6.07) is 8.02. The predicted molar refractivity (Wildman–Crippen MR) is 69.1 cm³/mol. The van der Waals surface area contributed by atoms with Crippen molar-refractivity contribution in [2.75, 3.05) is 18.0 Å². The third-order valence-electron chi connectivity index (χ3n) is 3.58. The van der Waals surface area contributed by atoms with Crippen molar-refractivity contribution in [3.63, 3.8) is 0 Å². The molecule has 0 aromatic heterocycles. The molecule has 1 aromatic carbocycles. The van der Waals surface area contributed by atoms with Crippen LogP contribution in [0.2, 0.25) is 0 Å². The van der Waals surface area contributed by atoms with Crippen LogP contribution in [0, 0.1) is 0 Å². The van der Waals surface area contributed by atoms with Gasteiger partial charge in [-0.1, -0.05) is 12.1 Å². The van der Waals surface area contributed by atoms with Gasteiger partial charge in [0, 0.05) is 18.8 Å². The first kappa shape index (κ1) is 12.4. The first-order chi connectivity index (χ1) is 7.98. The highest BCUT2D eigenvalue weighted by Gasteiger charge is 2.27. The molecule has 1 heterocycles. The van der Waals surface area contributed by atoms with E-state index < -0.39 is 11.7 Å². The van der Waals surface area contributed by atoms with Crippen LogP contribution in [0.1, 0.15) is 38.4 Å². The lowest BCUT2D eigenvalue weighted by Crippen LogP contribution is -2.42. The highest BCUT2D eigenvalue weighted by molar-refractivity contribution is 5.48. The number of rotatable bonds is 2. The quantitative estimate of drug-likeness (QED) is 0.825. The third kappa shape index (κ3) is 2.99. The maximum atomic E-state index is 9.90. The second-order valence-electron chi connectivity index (χ2n) is 5.25. The summed E-state index contributed by atoms with van der Waals surface area (Å²) < 4.78 is 0. The summed E-state index contributed by atoms with van der Waals surface area (Å²) >= 11 is 0. The van der Waals surface area contributed by atoms with Gasteiger partial charge in [-0.3, -0.25) is 0 Å². The molecule has 0 aliphatic carbocycles. The molecule has 1 aromatic rings. The molecule has 1 fully saturated rings. The molecule has 3 heteroatoms. The number of aliphatic hydroxyl groups excluding tert-OH is 1. The van der Waals surface area contributed by atoms with Crippen LogP contribution in [0.5, 0.6) is 0 Å². The van der Waals surface area contributed by atoms with E-state index in [9.17, 15) is 10.2 Å². The zero-order valence-corrected chi connectivity index (χ0v) is 10.6. The second kappa shape index (κ2) is 4.67.